The first-order valence-electron chi connectivity index (χ1n) is 7.23. The van der Waals surface area contributed by atoms with Gasteiger partial charge in [0.25, 0.3) is 0 Å². The number of ether oxygens (including phenoxy) is 1. The molecular weight excluding hydrogens is 349 g/mol. The minimum absolute atomic E-state index is 0.00231. The van der Waals surface area contributed by atoms with Crippen molar-refractivity contribution in [2.45, 2.75) is 52.8 Å². The number of halogens is 1. The van der Waals surface area contributed by atoms with Gasteiger partial charge in [-0.05, 0) is 0 Å². The van der Waals surface area contributed by atoms with E-state index in [1.54, 1.807) is 0 Å². The van der Waals surface area contributed by atoms with Crippen LogP contribution in [0, 0.1) is 10.8 Å². The quantitative estimate of drug-likeness (QED) is 0.662. The predicted molar refractivity (Wildman–Crippen MR) is 91.3 cm³/mol. The normalized spacial score (nSPS) is 23.9. The van der Waals surface area contributed by atoms with Gasteiger partial charge in [-0.3, -0.25) is 0 Å². The first-order chi connectivity index (χ1) is 9.57. The van der Waals surface area contributed by atoms with Gasteiger partial charge in [0.1, 0.15) is 0 Å². The Morgan fingerprint density at radius 3 is 2.05 bits per heavy atom. The molecule has 1 aliphatic heterocycles. The van der Waals surface area contributed by atoms with Crippen LogP contribution >= 0.6 is 11.6 Å². The van der Waals surface area contributed by atoms with Gasteiger partial charge in [0, 0.05) is 0 Å². The zero-order valence-corrected chi connectivity index (χ0v) is 16.1. The molecule has 2 unspecified atom stereocenters. The van der Waals surface area contributed by atoms with Crippen molar-refractivity contribution in [3.8, 4) is 0 Å². The zero-order chi connectivity index (χ0) is 15.8. The summed E-state index contributed by atoms with van der Waals surface area (Å²) >= 11 is 6.20. The van der Waals surface area contributed by atoms with E-state index in [9.17, 15) is 0 Å². The summed E-state index contributed by atoms with van der Waals surface area (Å²) in [6.07, 6.45) is -0.0944. The summed E-state index contributed by atoms with van der Waals surface area (Å²) in [6.45, 7) is 13.3. The van der Waals surface area contributed by atoms with Gasteiger partial charge in [0.15, 0.2) is 0 Å². The van der Waals surface area contributed by atoms with Gasteiger partial charge in [-0.15, -0.1) is 0 Å². The van der Waals surface area contributed by atoms with Crippen LogP contribution in [0.25, 0.3) is 0 Å². The summed E-state index contributed by atoms with van der Waals surface area (Å²) in [5, 5.41) is 0.996. The second-order valence-electron chi connectivity index (χ2n) is 7.61. The minimum atomic E-state index is -0.0944. The van der Waals surface area contributed by atoms with Crippen LogP contribution in [0.4, 0.5) is 0 Å². The van der Waals surface area contributed by atoms with Gasteiger partial charge in [-0.1, -0.05) is 0 Å². The monoisotopic (exact) mass is 373 g/mol. The average molecular weight is 373 g/mol. The first-order valence-corrected chi connectivity index (χ1v) is 9.45. The molecule has 21 heavy (non-hydrogen) atoms. The summed E-state index contributed by atoms with van der Waals surface area (Å²) in [6, 6.07) is 7.99. The van der Waals surface area contributed by atoms with Gasteiger partial charge in [0.2, 0.25) is 0 Å². The van der Waals surface area contributed by atoms with Crippen molar-refractivity contribution in [1.82, 2.24) is 0 Å². The van der Waals surface area contributed by atoms with E-state index in [1.807, 2.05) is 12.1 Å². The molecule has 0 N–H and O–H groups in total. The van der Waals surface area contributed by atoms with E-state index in [0.717, 1.165) is 5.02 Å². The van der Waals surface area contributed by atoms with Crippen molar-refractivity contribution >= 4 is 31.2 Å². The molecule has 2 atom stereocenters. The topological polar surface area (TPSA) is 21.6 Å². The van der Waals surface area contributed by atoms with Crippen molar-refractivity contribution in [1.29, 1.82) is 0 Å². The molecule has 116 valence electrons. The molecule has 0 aliphatic carbocycles. The molecule has 0 amide bonds. The van der Waals surface area contributed by atoms with Gasteiger partial charge >= 0.3 is 139 Å². The van der Waals surface area contributed by atoms with Gasteiger partial charge in [0.05, 0.1) is 0 Å². The summed E-state index contributed by atoms with van der Waals surface area (Å²) < 4.78 is 7.49. The van der Waals surface area contributed by atoms with E-state index < -0.39 is 0 Å². The van der Waals surface area contributed by atoms with Crippen molar-refractivity contribution in [3.63, 3.8) is 0 Å². The van der Waals surface area contributed by atoms with E-state index in [0.29, 0.717) is 0 Å². The standard InChI is InChI=1S/C17H24ClNOSe/c1-16(2,3)14-19-13(11-7-9-12(18)10-8-11)21-15(20-14)17(4,5)6/h7-10,14-15H,1-6H3. The fourth-order valence-corrected chi connectivity index (χ4v) is 4.46. The Labute approximate surface area is 139 Å². The Morgan fingerprint density at radius 2 is 1.57 bits per heavy atom. The number of aliphatic imine (C=N–C) groups is 1. The summed E-state index contributed by atoms with van der Waals surface area (Å²) in [5.41, 5.74) is 1.29. The molecule has 0 fully saturated rings. The molecule has 1 aromatic carbocycles. The molecule has 0 saturated carbocycles. The molecule has 1 aromatic rings. The van der Waals surface area contributed by atoms with E-state index in [4.69, 9.17) is 21.3 Å². The third-order valence-corrected chi connectivity index (χ3v) is 6.85. The molecule has 4 heteroatoms. The molecule has 0 radical (unpaired) electrons. The van der Waals surface area contributed by atoms with Crippen molar-refractivity contribution in [2.24, 2.45) is 15.8 Å². The van der Waals surface area contributed by atoms with E-state index in [1.165, 1.54) is 10.2 Å². The van der Waals surface area contributed by atoms with Crippen LogP contribution < -0.4 is 0 Å². The van der Waals surface area contributed by atoms with E-state index in [2.05, 4.69) is 53.7 Å². The maximum absolute atomic E-state index is 6.30. The van der Waals surface area contributed by atoms with Crippen LogP contribution in [0.1, 0.15) is 47.1 Å². The first kappa shape index (κ1) is 17.0. The molecule has 0 aromatic heterocycles. The Morgan fingerprint density at radius 1 is 1.00 bits per heavy atom. The maximum atomic E-state index is 6.30. The van der Waals surface area contributed by atoms with Crippen LogP contribution in [0.3, 0.4) is 0 Å². The fraction of sp³-hybridized carbons (Fsp3) is 0.588. The number of rotatable bonds is 1. The zero-order valence-electron chi connectivity index (χ0n) is 13.6. The second kappa shape index (κ2) is 6.04. The molecule has 0 spiro atoms. The molecule has 1 heterocycles. The Kier molecular flexibility index (Phi) is 4.90. The molecule has 1 aliphatic rings. The Hall–Kier alpha value is -0.341. The fourth-order valence-electron chi connectivity index (χ4n) is 1.93. The molecule has 0 bridgehead atoms. The van der Waals surface area contributed by atoms with Crippen LogP contribution in [0.15, 0.2) is 29.3 Å². The molecule has 0 saturated heterocycles. The molecular formula is C17H24ClNOSe. The number of hydrogen-bond donors (Lipinski definition) is 0. The number of benzene rings is 1. The van der Waals surface area contributed by atoms with Crippen LogP contribution in [-0.4, -0.2) is 30.8 Å². The average Bonchev–Trinajstić information content (AvgIpc) is 2.37. The van der Waals surface area contributed by atoms with Gasteiger partial charge < -0.3 is 0 Å². The van der Waals surface area contributed by atoms with Crippen LogP contribution in [0.5, 0.6) is 0 Å². The SMILES string of the molecule is CC(C)(C)C1N=C(c2ccc(Cl)cc2)[Se]C(C(C)(C)C)O1. The predicted octanol–water partition coefficient (Wildman–Crippen LogP) is 4.57. The van der Waals surface area contributed by atoms with Gasteiger partial charge in [-0.25, -0.2) is 0 Å². The van der Waals surface area contributed by atoms with Crippen molar-refractivity contribution < 1.29 is 4.74 Å². The number of nitrogens with zero attached hydrogens (tertiary/aromatic N) is 1. The third kappa shape index (κ3) is 4.32. The molecule has 2 rings (SSSR count). The summed E-state index contributed by atoms with van der Waals surface area (Å²) in [7, 11) is 0. The van der Waals surface area contributed by atoms with E-state index >= 15 is 0 Å². The number of hydrogen-bond acceptors (Lipinski definition) is 2. The Bertz CT molecular complexity index is 525. The summed E-state index contributed by atoms with van der Waals surface area (Å²) in [4.78, 5) is 4.90. The molecule has 2 nitrogen and oxygen atoms in total. The third-order valence-electron chi connectivity index (χ3n) is 3.24. The summed E-state index contributed by atoms with van der Waals surface area (Å²) in [5.74, 6) is 0. The van der Waals surface area contributed by atoms with Crippen molar-refractivity contribution in [3.05, 3.63) is 34.9 Å². The van der Waals surface area contributed by atoms with Gasteiger partial charge in [-0.2, -0.15) is 0 Å². The van der Waals surface area contributed by atoms with Crippen LogP contribution in [0.2, 0.25) is 5.02 Å². The Balaban J connectivity index is 2.37. The second-order valence-corrected chi connectivity index (χ2v) is 10.3. The van der Waals surface area contributed by atoms with Crippen LogP contribution in [-0.2, 0) is 4.74 Å². The van der Waals surface area contributed by atoms with Crippen molar-refractivity contribution in [2.75, 3.05) is 0 Å². The van der Waals surface area contributed by atoms with E-state index in [-0.39, 0.29) is 37.0 Å².